The third-order valence-corrected chi connectivity index (χ3v) is 6.59. The van der Waals surface area contributed by atoms with Gasteiger partial charge in [0.1, 0.15) is 36.9 Å². The number of nitrogens with zero attached hydrogens (tertiary/aromatic N) is 4. The molecule has 3 heterocycles. The molecule has 5 rings (SSSR count). The molecule has 1 saturated heterocycles. The number of methoxy groups -OCH3 is 1. The molecule has 0 spiro atoms. The van der Waals surface area contributed by atoms with Crippen LogP contribution >= 0.6 is 11.6 Å². The highest BCUT2D eigenvalue weighted by Gasteiger charge is 2.29. The quantitative estimate of drug-likeness (QED) is 0.281. The van der Waals surface area contributed by atoms with Gasteiger partial charge in [0.2, 0.25) is 11.5 Å². The summed E-state index contributed by atoms with van der Waals surface area (Å²) in [6.07, 6.45) is 5.01. The monoisotopic (exact) mass is 533 g/mol. The van der Waals surface area contributed by atoms with E-state index in [0.717, 1.165) is 29.4 Å². The second-order valence-corrected chi connectivity index (χ2v) is 9.24. The van der Waals surface area contributed by atoms with E-state index in [1.54, 1.807) is 6.20 Å². The molecule has 0 aliphatic carbocycles. The molecule has 0 bridgehead atoms. The largest absolute Gasteiger partial charge is 0.491 e. The lowest BCUT2D eigenvalue weighted by Crippen LogP contribution is -2.40. The van der Waals surface area contributed by atoms with Crippen molar-refractivity contribution in [2.45, 2.75) is 24.4 Å². The van der Waals surface area contributed by atoms with Crippen LogP contribution in [0, 0.1) is 0 Å². The molecule has 4 aromatic rings. The fourth-order valence-corrected chi connectivity index (χ4v) is 4.73. The van der Waals surface area contributed by atoms with E-state index in [-0.39, 0.29) is 18.6 Å². The maximum atomic E-state index is 12.4. The Morgan fingerprint density at radius 2 is 2.03 bits per heavy atom. The zero-order valence-electron chi connectivity index (χ0n) is 20.9. The first-order valence-corrected chi connectivity index (χ1v) is 12.8. The average molecular weight is 534 g/mol. The van der Waals surface area contributed by atoms with Crippen molar-refractivity contribution in [3.63, 3.8) is 0 Å². The van der Waals surface area contributed by atoms with Crippen LogP contribution in [-0.2, 0) is 9.53 Å². The van der Waals surface area contributed by atoms with E-state index in [1.165, 1.54) is 13.4 Å². The molecule has 1 fully saturated rings. The number of hydrogen-bond acceptors (Lipinski definition) is 8. The molecule has 196 valence electrons. The molecule has 2 atom stereocenters. The van der Waals surface area contributed by atoms with Crippen LogP contribution in [0.5, 0.6) is 11.5 Å². The summed E-state index contributed by atoms with van der Waals surface area (Å²) >= 11 is 6.41. The van der Waals surface area contributed by atoms with E-state index >= 15 is 0 Å². The molecule has 1 unspecified atom stereocenters. The normalized spacial score (nSPS) is 15.8. The summed E-state index contributed by atoms with van der Waals surface area (Å²) < 4.78 is 17.2. The SMILES string of the molecule is COCC(=O)N1CCC[C@@H]1COc1cccc2ncnc(Nc3cccc(OC(Cl)c4ccccn4)c3)c12. The van der Waals surface area contributed by atoms with Gasteiger partial charge in [-0.05, 0) is 49.2 Å². The summed E-state index contributed by atoms with van der Waals surface area (Å²) in [6, 6.07) is 18.6. The number of likely N-dealkylation sites (tertiary alicyclic amines) is 1. The number of carbonyl (C=O) groups is 1. The highest BCUT2D eigenvalue weighted by molar-refractivity contribution is 6.19. The second kappa shape index (κ2) is 12.1. The minimum Gasteiger partial charge on any atom is -0.491 e. The number of pyridine rings is 1. The predicted molar refractivity (Wildman–Crippen MR) is 145 cm³/mol. The number of benzene rings is 2. The highest BCUT2D eigenvalue weighted by Crippen LogP contribution is 2.33. The number of ether oxygens (including phenoxy) is 3. The molecule has 1 N–H and O–H groups in total. The smallest absolute Gasteiger partial charge is 0.248 e. The lowest BCUT2D eigenvalue weighted by atomic mass is 10.2. The maximum absolute atomic E-state index is 12.4. The first-order valence-electron chi connectivity index (χ1n) is 12.4. The Labute approximate surface area is 225 Å². The van der Waals surface area contributed by atoms with Crippen LogP contribution in [-0.4, -0.2) is 58.7 Å². The van der Waals surface area contributed by atoms with Gasteiger partial charge < -0.3 is 24.4 Å². The number of carbonyl (C=O) groups excluding carboxylic acids is 1. The molecule has 1 aliphatic heterocycles. The van der Waals surface area contributed by atoms with Crippen molar-refractivity contribution in [3.8, 4) is 11.5 Å². The molecule has 9 nitrogen and oxygen atoms in total. The lowest BCUT2D eigenvalue weighted by Gasteiger charge is -2.25. The Morgan fingerprint density at radius 1 is 1.13 bits per heavy atom. The van der Waals surface area contributed by atoms with Gasteiger partial charge in [0.15, 0.2) is 0 Å². The first-order chi connectivity index (χ1) is 18.6. The molecule has 1 amide bonds. The number of nitrogens with one attached hydrogen (secondary N) is 1. The van der Waals surface area contributed by atoms with Crippen LogP contribution in [0.25, 0.3) is 10.9 Å². The van der Waals surface area contributed by atoms with E-state index in [4.69, 9.17) is 25.8 Å². The topological polar surface area (TPSA) is 98.7 Å². The number of aromatic nitrogens is 3. The summed E-state index contributed by atoms with van der Waals surface area (Å²) in [5, 5.41) is 4.11. The molecular weight excluding hydrogens is 506 g/mol. The number of halogens is 1. The summed E-state index contributed by atoms with van der Waals surface area (Å²) in [7, 11) is 1.53. The van der Waals surface area contributed by atoms with Crippen molar-refractivity contribution in [1.82, 2.24) is 19.9 Å². The molecule has 38 heavy (non-hydrogen) atoms. The van der Waals surface area contributed by atoms with Crippen molar-refractivity contribution in [3.05, 3.63) is 78.9 Å². The Bertz CT molecular complexity index is 1390. The van der Waals surface area contributed by atoms with Crippen LogP contribution < -0.4 is 14.8 Å². The van der Waals surface area contributed by atoms with E-state index in [9.17, 15) is 4.79 Å². The zero-order valence-corrected chi connectivity index (χ0v) is 21.7. The summed E-state index contributed by atoms with van der Waals surface area (Å²) in [5.41, 5.74) is 1.40. The number of hydrogen-bond donors (Lipinski definition) is 1. The van der Waals surface area contributed by atoms with E-state index in [1.807, 2.05) is 65.6 Å². The van der Waals surface area contributed by atoms with Crippen molar-refractivity contribution < 1.29 is 19.0 Å². The number of rotatable bonds is 10. The summed E-state index contributed by atoms with van der Waals surface area (Å²) in [5.74, 6) is 1.79. The van der Waals surface area contributed by atoms with Gasteiger partial charge in [-0.1, -0.05) is 29.8 Å². The van der Waals surface area contributed by atoms with Crippen LogP contribution in [0.4, 0.5) is 11.5 Å². The minimum absolute atomic E-state index is 0.00891. The minimum atomic E-state index is -0.725. The Kier molecular flexibility index (Phi) is 8.15. The fraction of sp³-hybridized carbons (Fsp3) is 0.286. The van der Waals surface area contributed by atoms with E-state index in [0.29, 0.717) is 36.2 Å². The van der Waals surface area contributed by atoms with Gasteiger partial charge >= 0.3 is 0 Å². The van der Waals surface area contributed by atoms with Crippen LogP contribution in [0.15, 0.2) is 73.2 Å². The fourth-order valence-electron chi connectivity index (χ4n) is 4.50. The number of amides is 1. The average Bonchev–Trinajstić information content (AvgIpc) is 3.42. The Morgan fingerprint density at radius 3 is 2.87 bits per heavy atom. The van der Waals surface area contributed by atoms with Gasteiger partial charge in [-0.3, -0.25) is 9.78 Å². The summed E-state index contributed by atoms with van der Waals surface area (Å²) in [4.78, 5) is 27.4. The third-order valence-electron chi connectivity index (χ3n) is 6.28. The standard InChI is InChI=1S/C28H28ClN5O4/c1-36-17-25(35)34-14-6-8-20(34)16-37-24-12-5-11-22-26(24)28(32-18-31-22)33-19-7-4-9-21(15-19)38-27(29)23-10-2-3-13-30-23/h2-5,7,9-13,15,18,20,27H,6,8,14,16-17H2,1H3,(H,31,32,33)/t20-,27?/m1/s1. The number of fused-ring (bicyclic) bond motifs is 1. The van der Waals surface area contributed by atoms with Crippen LogP contribution in [0.2, 0.25) is 0 Å². The van der Waals surface area contributed by atoms with Crippen LogP contribution in [0.3, 0.4) is 0 Å². The maximum Gasteiger partial charge on any atom is 0.248 e. The zero-order chi connectivity index (χ0) is 26.3. The van der Waals surface area contributed by atoms with Gasteiger partial charge in [0.05, 0.1) is 22.6 Å². The van der Waals surface area contributed by atoms with Gasteiger partial charge in [0.25, 0.3) is 0 Å². The Balaban J connectivity index is 1.34. The molecular formula is C28H28ClN5O4. The number of anilines is 2. The van der Waals surface area contributed by atoms with E-state index < -0.39 is 5.56 Å². The van der Waals surface area contributed by atoms with Gasteiger partial charge in [0, 0.05) is 31.6 Å². The highest BCUT2D eigenvalue weighted by atomic mass is 35.5. The molecule has 2 aromatic carbocycles. The van der Waals surface area contributed by atoms with Gasteiger partial charge in [-0.15, -0.1) is 0 Å². The third kappa shape index (κ3) is 5.95. The first kappa shape index (κ1) is 25.7. The van der Waals surface area contributed by atoms with E-state index in [2.05, 4.69) is 20.3 Å². The van der Waals surface area contributed by atoms with Crippen molar-refractivity contribution in [1.29, 1.82) is 0 Å². The van der Waals surface area contributed by atoms with Crippen molar-refractivity contribution >= 4 is 39.9 Å². The van der Waals surface area contributed by atoms with Gasteiger partial charge in [-0.2, -0.15) is 0 Å². The molecule has 0 saturated carbocycles. The number of alkyl halides is 1. The molecule has 2 aromatic heterocycles. The lowest BCUT2D eigenvalue weighted by molar-refractivity contribution is -0.136. The van der Waals surface area contributed by atoms with Gasteiger partial charge in [-0.25, -0.2) is 9.97 Å². The summed E-state index contributed by atoms with van der Waals surface area (Å²) in [6.45, 7) is 1.15. The van der Waals surface area contributed by atoms with Crippen molar-refractivity contribution in [2.24, 2.45) is 0 Å². The predicted octanol–water partition coefficient (Wildman–Crippen LogP) is 5.10. The Hall–Kier alpha value is -3.95. The molecule has 0 radical (unpaired) electrons. The van der Waals surface area contributed by atoms with Crippen LogP contribution in [0.1, 0.15) is 24.1 Å². The van der Waals surface area contributed by atoms with Crippen molar-refractivity contribution in [2.75, 3.05) is 32.2 Å². The second-order valence-electron chi connectivity index (χ2n) is 8.84. The molecule has 10 heteroatoms. The molecule has 1 aliphatic rings.